The summed E-state index contributed by atoms with van der Waals surface area (Å²) < 4.78 is 0. The number of hydrogen-bond donors (Lipinski definition) is 1. The maximum absolute atomic E-state index is 3.23. The van der Waals surface area contributed by atoms with Gasteiger partial charge in [0.05, 0.1) is 0 Å². The van der Waals surface area contributed by atoms with Gasteiger partial charge in [0.2, 0.25) is 0 Å². The first kappa shape index (κ1) is 7.64. The lowest BCUT2D eigenvalue weighted by Gasteiger charge is -2.31. The number of rotatable bonds is 2. The van der Waals surface area contributed by atoms with Crippen LogP contribution >= 0.6 is 0 Å². The average molecular weight is 139 g/mol. The van der Waals surface area contributed by atoms with Crippen molar-refractivity contribution < 1.29 is 0 Å². The van der Waals surface area contributed by atoms with Gasteiger partial charge in [0.15, 0.2) is 0 Å². The van der Waals surface area contributed by atoms with Crippen LogP contribution in [-0.4, -0.2) is 6.54 Å². The highest BCUT2D eigenvalue weighted by Crippen LogP contribution is 2.32. The molecule has 1 nitrogen and oxygen atoms in total. The molecule has 58 valence electrons. The SMILES string of the molecule is CCC1(CC)C=CNCC1. The summed E-state index contributed by atoms with van der Waals surface area (Å²) in [6, 6.07) is 0. The number of allylic oxidation sites excluding steroid dienone is 1. The van der Waals surface area contributed by atoms with E-state index in [1.165, 1.54) is 19.3 Å². The minimum Gasteiger partial charge on any atom is -0.391 e. The van der Waals surface area contributed by atoms with Crippen molar-refractivity contribution in [1.82, 2.24) is 5.32 Å². The average Bonchev–Trinajstić information content (AvgIpc) is 2.06. The molecule has 1 rings (SSSR count). The summed E-state index contributed by atoms with van der Waals surface area (Å²) in [6.07, 6.45) is 8.30. The third kappa shape index (κ3) is 1.34. The molecule has 0 aromatic heterocycles. The first-order valence-electron chi connectivity index (χ1n) is 4.24. The van der Waals surface area contributed by atoms with Gasteiger partial charge in [0, 0.05) is 6.54 Å². The molecule has 0 spiro atoms. The van der Waals surface area contributed by atoms with Gasteiger partial charge >= 0.3 is 0 Å². The Morgan fingerprint density at radius 1 is 1.40 bits per heavy atom. The van der Waals surface area contributed by atoms with Crippen LogP contribution in [0.5, 0.6) is 0 Å². The maximum Gasteiger partial charge on any atom is 0.0149 e. The Morgan fingerprint density at radius 2 is 2.10 bits per heavy atom. The fourth-order valence-electron chi connectivity index (χ4n) is 1.56. The predicted molar refractivity (Wildman–Crippen MR) is 44.8 cm³/mol. The number of hydrogen-bond acceptors (Lipinski definition) is 1. The number of nitrogens with one attached hydrogen (secondary N) is 1. The maximum atomic E-state index is 3.23. The van der Waals surface area contributed by atoms with E-state index in [1.54, 1.807) is 0 Å². The quantitative estimate of drug-likeness (QED) is 0.619. The summed E-state index contributed by atoms with van der Waals surface area (Å²) in [6.45, 7) is 5.70. The van der Waals surface area contributed by atoms with Crippen molar-refractivity contribution in [2.45, 2.75) is 33.1 Å². The largest absolute Gasteiger partial charge is 0.391 e. The lowest BCUT2D eigenvalue weighted by Crippen LogP contribution is -2.27. The van der Waals surface area contributed by atoms with Gasteiger partial charge < -0.3 is 5.32 Å². The normalized spacial score (nSPS) is 22.2. The van der Waals surface area contributed by atoms with E-state index in [4.69, 9.17) is 0 Å². The fourth-order valence-corrected chi connectivity index (χ4v) is 1.56. The highest BCUT2D eigenvalue weighted by Gasteiger charge is 2.23. The Morgan fingerprint density at radius 3 is 2.40 bits per heavy atom. The van der Waals surface area contributed by atoms with Crippen LogP contribution in [0.25, 0.3) is 0 Å². The monoisotopic (exact) mass is 139 g/mol. The molecular weight excluding hydrogens is 122 g/mol. The molecule has 0 unspecified atom stereocenters. The van der Waals surface area contributed by atoms with Crippen LogP contribution in [0.4, 0.5) is 0 Å². The second-order valence-electron chi connectivity index (χ2n) is 3.11. The van der Waals surface area contributed by atoms with E-state index in [9.17, 15) is 0 Å². The summed E-state index contributed by atoms with van der Waals surface area (Å²) >= 11 is 0. The third-order valence-electron chi connectivity index (χ3n) is 2.73. The molecule has 0 amide bonds. The first-order valence-corrected chi connectivity index (χ1v) is 4.24. The van der Waals surface area contributed by atoms with E-state index < -0.39 is 0 Å². The molecule has 1 N–H and O–H groups in total. The van der Waals surface area contributed by atoms with Crippen LogP contribution in [0.1, 0.15) is 33.1 Å². The summed E-state index contributed by atoms with van der Waals surface area (Å²) in [5, 5.41) is 3.23. The lowest BCUT2D eigenvalue weighted by molar-refractivity contribution is 0.309. The molecule has 0 saturated heterocycles. The highest BCUT2D eigenvalue weighted by molar-refractivity contribution is 5.01. The molecule has 1 aliphatic rings. The van der Waals surface area contributed by atoms with Crippen molar-refractivity contribution in [2.24, 2.45) is 5.41 Å². The van der Waals surface area contributed by atoms with Crippen LogP contribution in [-0.2, 0) is 0 Å². The van der Waals surface area contributed by atoms with Crippen LogP contribution in [0.3, 0.4) is 0 Å². The standard InChI is InChI=1S/C9H17N/c1-3-9(4-2)5-7-10-8-6-9/h5,7,10H,3-4,6,8H2,1-2H3. The summed E-state index contributed by atoms with van der Waals surface area (Å²) in [4.78, 5) is 0. The Hall–Kier alpha value is -0.460. The molecule has 1 aliphatic heterocycles. The molecule has 10 heavy (non-hydrogen) atoms. The van der Waals surface area contributed by atoms with E-state index in [1.807, 2.05) is 0 Å². The zero-order chi connectivity index (χ0) is 7.45. The van der Waals surface area contributed by atoms with E-state index in [2.05, 4.69) is 31.4 Å². The molecule has 0 aromatic rings. The summed E-state index contributed by atoms with van der Waals surface area (Å²) in [7, 11) is 0. The first-order chi connectivity index (χ1) is 4.83. The van der Waals surface area contributed by atoms with Crippen LogP contribution in [0.2, 0.25) is 0 Å². The molecule has 0 aliphatic carbocycles. The molecule has 1 heteroatoms. The lowest BCUT2D eigenvalue weighted by atomic mass is 9.78. The second kappa shape index (κ2) is 3.09. The van der Waals surface area contributed by atoms with Crippen LogP contribution in [0.15, 0.2) is 12.3 Å². The van der Waals surface area contributed by atoms with E-state index in [0.717, 1.165) is 6.54 Å². The minimum atomic E-state index is 0.519. The predicted octanol–water partition coefficient (Wildman–Crippen LogP) is 2.30. The van der Waals surface area contributed by atoms with Gasteiger partial charge in [-0.05, 0) is 30.9 Å². The molecule has 0 radical (unpaired) electrons. The molecule has 0 atom stereocenters. The molecule has 0 fully saturated rings. The van der Waals surface area contributed by atoms with Crippen molar-refractivity contribution in [3.05, 3.63) is 12.3 Å². The zero-order valence-corrected chi connectivity index (χ0v) is 6.98. The van der Waals surface area contributed by atoms with Gasteiger partial charge in [0.25, 0.3) is 0 Å². The van der Waals surface area contributed by atoms with Crippen molar-refractivity contribution >= 4 is 0 Å². The van der Waals surface area contributed by atoms with Crippen LogP contribution in [0, 0.1) is 5.41 Å². The van der Waals surface area contributed by atoms with Gasteiger partial charge in [0.1, 0.15) is 0 Å². The van der Waals surface area contributed by atoms with E-state index >= 15 is 0 Å². The summed E-state index contributed by atoms with van der Waals surface area (Å²) in [5.74, 6) is 0. The van der Waals surface area contributed by atoms with E-state index in [-0.39, 0.29) is 0 Å². The fraction of sp³-hybridized carbons (Fsp3) is 0.778. The van der Waals surface area contributed by atoms with Gasteiger partial charge in [-0.1, -0.05) is 19.9 Å². The Kier molecular flexibility index (Phi) is 2.36. The molecule has 0 aromatic carbocycles. The second-order valence-corrected chi connectivity index (χ2v) is 3.11. The Labute approximate surface area is 63.5 Å². The van der Waals surface area contributed by atoms with Gasteiger partial charge in [-0.2, -0.15) is 0 Å². The Balaban J connectivity index is 2.61. The Bertz CT molecular complexity index is 123. The van der Waals surface area contributed by atoms with Crippen LogP contribution < -0.4 is 5.32 Å². The van der Waals surface area contributed by atoms with Crippen molar-refractivity contribution in [3.8, 4) is 0 Å². The molecular formula is C9H17N. The van der Waals surface area contributed by atoms with Gasteiger partial charge in [-0.15, -0.1) is 0 Å². The summed E-state index contributed by atoms with van der Waals surface area (Å²) in [5.41, 5.74) is 0.519. The van der Waals surface area contributed by atoms with Gasteiger partial charge in [-0.25, -0.2) is 0 Å². The highest BCUT2D eigenvalue weighted by atomic mass is 14.8. The molecule has 0 bridgehead atoms. The zero-order valence-electron chi connectivity index (χ0n) is 6.98. The topological polar surface area (TPSA) is 12.0 Å². The third-order valence-corrected chi connectivity index (χ3v) is 2.73. The minimum absolute atomic E-state index is 0.519. The van der Waals surface area contributed by atoms with Crippen molar-refractivity contribution in [1.29, 1.82) is 0 Å². The van der Waals surface area contributed by atoms with Gasteiger partial charge in [-0.3, -0.25) is 0 Å². The molecule has 1 heterocycles. The molecule has 0 saturated carbocycles. The van der Waals surface area contributed by atoms with Crippen molar-refractivity contribution in [3.63, 3.8) is 0 Å². The van der Waals surface area contributed by atoms with Crippen molar-refractivity contribution in [2.75, 3.05) is 6.54 Å². The smallest absolute Gasteiger partial charge is 0.0149 e. The van der Waals surface area contributed by atoms with E-state index in [0.29, 0.717) is 5.41 Å².